The summed E-state index contributed by atoms with van der Waals surface area (Å²) < 4.78 is 12.8. The summed E-state index contributed by atoms with van der Waals surface area (Å²) >= 11 is 0. The number of aromatic nitrogens is 1. The quantitative estimate of drug-likeness (QED) is 0.775. The molecule has 0 spiro atoms. The molecule has 1 aromatic heterocycles. The van der Waals surface area contributed by atoms with Gasteiger partial charge in [0.15, 0.2) is 5.78 Å². The molecule has 29 heavy (non-hydrogen) atoms. The number of hydrogen-bond donors (Lipinski definition) is 1. The van der Waals surface area contributed by atoms with E-state index < -0.39 is 0 Å². The Kier molecular flexibility index (Phi) is 6.23. The van der Waals surface area contributed by atoms with Crippen LogP contribution in [0.1, 0.15) is 42.4 Å². The Labute approximate surface area is 171 Å². The molecule has 0 aliphatic heterocycles. The van der Waals surface area contributed by atoms with Crippen molar-refractivity contribution in [3.63, 3.8) is 0 Å². The highest BCUT2D eigenvalue weighted by Crippen LogP contribution is 2.29. The molecule has 0 radical (unpaired) electrons. The third-order valence-corrected chi connectivity index (χ3v) is 5.33. The summed E-state index contributed by atoms with van der Waals surface area (Å²) in [4.78, 5) is 25.6. The second-order valence-electron chi connectivity index (χ2n) is 7.47. The highest BCUT2D eigenvalue weighted by atomic mass is 16.5. The van der Waals surface area contributed by atoms with Crippen molar-refractivity contribution in [2.75, 3.05) is 27.4 Å². The molecule has 1 aliphatic rings. The van der Waals surface area contributed by atoms with Gasteiger partial charge < -0.3 is 19.4 Å². The van der Waals surface area contributed by atoms with Crippen molar-refractivity contribution in [1.82, 2.24) is 9.88 Å². The van der Waals surface area contributed by atoms with Gasteiger partial charge in [-0.05, 0) is 32.9 Å². The third-order valence-electron chi connectivity index (χ3n) is 5.33. The van der Waals surface area contributed by atoms with Crippen LogP contribution in [0.5, 0.6) is 0 Å². The monoisotopic (exact) mass is 396 g/mol. The highest BCUT2D eigenvalue weighted by Gasteiger charge is 2.25. The molecule has 1 N–H and O–H groups in total. The van der Waals surface area contributed by atoms with Crippen molar-refractivity contribution in [2.24, 2.45) is 0 Å². The van der Waals surface area contributed by atoms with Gasteiger partial charge in [-0.25, -0.2) is 0 Å². The van der Waals surface area contributed by atoms with Gasteiger partial charge in [0.1, 0.15) is 5.76 Å². The van der Waals surface area contributed by atoms with E-state index in [-0.39, 0.29) is 24.3 Å². The van der Waals surface area contributed by atoms with Gasteiger partial charge in [0, 0.05) is 30.1 Å². The largest absolute Gasteiger partial charge is 0.496 e. The van der Waals surface area contributed by atoms with Crippen LogP contribution < -0.4 is 5.32 Å². The smallest absolute Gasteiger partial charge is 0.254 e. The van der Waals surface area contributed by atoms with Gasteiger partial charge in [0.25, 0.3) is 5.91 Å². The van der Waals surface area contributed by atoms with Gasteiger partial charge in [-0.15, -0.1) is 0 Å². The Morgan fingerprint density at radius 1 is 1.24 bits per heavy atom. The molecule has 0 saturated heterocycles. The van der Waals surface area contributed by atoms with Crippen LogP contribution in [0.3, 0.4) is 0 Å². The molecule has 6 nitrogen and oxygen atoms in total. The number of nitrogens with one attached hydrogen (secondary N) is 1. The van der Waals surface area contributed by atoms with E-state index in [2.05, 4.69) is 16.8 Å². The highest BCUT2D eigenvalue weighted by molar-refractivity contribution is 6.09. The molecule has 0 fully saturated rings. The number of carbonyl (C=O) groups is 2. The normalized spacial score (nSPS) is 15.5. The average Bonchev–Trinajstić information content (AvgIpc) is 2.98. The molecular formula is C23H28N2O4. The van der Waals surface area contributed by atoms with Crippen LogP contribution in [0, 0.1) is 6.92 Å². The van der Waals surface area contributed by atoms with E-state index in [4.69, 9.17) is 9.47 Å². The van der Waals surface area contributed by atoms with Crippen LogP contribution in [-0.4, -0.2) is 43.6 Å². The molecule has 1 unspecified atom stereocenters. The Morgan fingerprint density at radius 2 is 1.97 bits per heavy atom. The topological polar surface area (TPSA) is 69.6 Å². The van der Waals surface area contributed by atoms with Crippen LogP contribution in [0.4, 0.5) is 0 Å². The SMILES string of the molecule is COCC(C)n1c(C)c(C(=O)NCC2=C(OC)C=C(C)CC2=O)c2ccccc21. The van der Waals surface area contributed by atoms with Crippen LogP contribution in [0.2, 0.25) is 0 Å². The molecule has 3 rings (SSSR count). The first-order valence-electron chi connectivity index (χ1n) is 9.73. The van der Waals surface area contributed by atoms with Gasteiger partial charge >= 0.3 is 0 Å². The van der Waals surface area contributed by atoms with E-state index in [9.17, 15) is 9.59 Å². The predicted octanol–water partition coefficient (Wildman–Crippen LogP) is 3.71. The third kappa shape index (κ3) is 3.98. The van der Waals surface area contributed by atoms with Crippen LogP contribution in [-0.2, 0) is 14.3 Å². The van der Waals surface area contributed by atoms with Crippen LogP contribution in [0.25, 0.3) is 10.9 Å². The van der Waals surface area contributed by atoms with Gasteiger partial charge in [0.05, 0.1) is 37.4 Å². The molecule has 1 aromatic carbocycles. The predicted molar refractivity (Wildman–Crippen MR) is 113 cm³/mol. The molecule has 1 heterocycles. The van der Waals surface area contributed by atoms with E-state index in [1.54, 1.807) is 7.11 Å². The van der Waals surface area contributed by atoms with E-state index in [0.29, 0.717) is 29.9 Å². The Hall–Kier alpha value is -2.86. The fourth-order valence-corrected chi connectivity index (χ4v) is 4.05. The lowest BCUT2D eigenvalue weighted by Crippen LogP contribution is -2.30. The molecular weight excluding hydrogens is 368 g/mol. The fraction of sp³-hybridized carbons (Fsp3) is 0.391. The minimum absolute atomic E-state index is 0.0185. The van der Waals surface area contributed by atoms with Crippen molar-refractivity contribution in [3.05, 3.63) is 58.5 Å². The Morgan fingerprint density at radius 3 is 2.66 bits per heavy atom. The standard InChI is InChI=1S/C23H28N2O4/c1-14-10-20(26)18(21(11-14)29-5)12-24-23(27)22-16(3)25(15(2)13-28-4)19-9-7-6-8-17(19)22/h6-9,11,15H,10,12-13H2,1-5H3,(H,24,27). The van der Waals surface area contributed by atoms with Crippen molar-refractivity contribution in [1.29, 1.82) is 0 Å². The fourth-order valence-electron chi connectivity index (χ4n) is 4.05. The zero-order valence-corrected chi connectivity index (χ0v) is 17.7. The van der Waals surface area contributed by atoms with Gasteiger partial charge in [-0.3, -0.25) is 9.59 Å². The minimum Gasteiger partial charge on any atom is -0.496 e. The zero-order valence-electron chi connectivity index (χ0n) is 17.7. The molecule has 1 amide bonds. The number of hydrogen-bond acceptors (Lipinski definition) is 4. The number of fused-ring (bicyclic) bond motifs is 1. The number of ether oxygens (including phenoxy) is 2. The number of amides is 1. The first-order valence-corrected chi connectivity index (χ1v) is 9.73. The number of carbonyl (C=O) groups excluding carboxylic acids is 2. The summed E-state index contributed by atoms with van der Waals surface area (Å²) in [5.41, 5.74) is 3.94. The lowest BCUT2D eigenvalue weighted by Gasteiger charge is -2.18. The van der Waals surface area contributed by atoms with Gasteiger partial charge in [0.2, 0.25) is 0 Å². The molecule has 1 atom stereocenters. The number of ketones is 1. The lowest BCUT2D eigenvalue weighted by atomic mass is 9.96. The minimum atomic E-state index is -0.205. The summed E-state index contributed by atoms with van der Waals surface area (Å²) in [6.07, 6.45) is 2.21. The van der Waals surface area contributed by atoms with Gasteiger partial charge in [-0.1, -0.05) is 23.8 Å². The Bertz CT molecular complexity index is 1010. The summed E-state index contributed by atoms with van der Waals surface area (Å²) in [5, 5.41) is 3.81. The van der Waals surface area contributed by atoms with E-state index in [1.165, 1.54) is 7.11 Å². The summed E-state index contributed by atoms with van der Waals surface area (Å²) in [6.45, 7) is 6.59. The summed E-state index contributed by atoms with van der Waals surface area (Å²) in [7, 11) is 3.21. The molecule has 0 saturated carbocycles. The molecule has 6 heteroatoms. The number of rotatable bonds is 7. The number of benzene rings is 1. The maximum absolute atomic E-state index is 13.1. The van der Waals surface area contributed by atoms with Crippen LogP contribution >= 0.6 is 0 Å². The number of allylic oxidation sites excluding steroid dienone is 2. The zero-order chi connectivity index (χ0) is 21.1. The lowest BCUT2D eigenvalue weighted by molar-refractivity contribution is -0.115. The average molecular weight is 396 g/mol. The van der Waals surface area contributed by atoms with Crippen LogP contribution in [0.15, 0.2) is 47.2 Å². The maximum Gasteiger partial charge on any atom is 0.254 e. The molecule has 154 valence electrons. The first-order chi connectivity index (χ1) is 13.9. The summed E-state index contributed by atoms with van der Waals surface area (Å²) in [5.74, 6) is 0.297. The number of Topliss-reactive ketones (excluding diaryl/α,β-unsaturated/α-hetero) is 1. The second-order valence-corrected chi connectivity index (χ2v) is 7.47. The number of nitrogens with zero attached hydrogens (tertiary/aromatic N) is 1. The molecule has 2 aromatic rings. The summed E-state index contributed by atoms with van der Waals surface area (Å²) in [6, 6.07) is 7.93. The van der Waals surface area contributed by atoms with E-state index in [0.717, 1.165) is 22.2 Å². The molecule has 1 aliphatic carbocycles. The van der Waals surface area contributed by atoms with Crippen molar-refractivity contribution >= 4 is 22.6 Å². The van der Waals surface area contributed by atoms with Crippen molar-refractivity contribution in [3.8, 4) is 0 Å². The Balaban J connectivity index is 1.94. The van der Waals surface area contributed by atoms with Crippen molar-refractivity contribution in [2.45, 2.75) is 33.2 Å². The van der Waals surface area contributed by atoms with E-state index in [1.807, 2.05) is 44.2 Å². The first kappa shape index (κ1) is 20.9. The van der Waals surface area contributed by atoms with E-state index >= 15 is 0 Å². The maximum atomic E-state index is 13.1. The van der Waals surface area contributed by atoms with Gasteiger partial charge in [-0.2, -0.15) is 0 Å². The number of para-hydroxylation sites is 1. The number of methoxy groups -OCH3 is 2. The molecule has 0 bridgehead atoms. The second kappa shape index (κ2) is 8.66. The van der Waals surface area contributed by atoms with Crippen molar-refractivity contribution < 1.29 is 19.1 Å².